The van der Waals surface area contributed by atoms with Crippen LogP contribution in [-0.4, -0.2) is 53.4 Å². The fourth-order valence-electron chi connectivity index (χ4n) is 2.56. The van der Waals surface area contributed by atoms with Gasteiger partial charge in [0.15, 0.2) is 11.9 Å². The minimum absolute atomic E-state index is 0.0602. The molecule has 2 fully saturated rings. The second-order valence-corrected chi connectivity index (χ2v) is 9.06. The van der Waals surface area contributed by atoms with E-state index in [1.807, 2.05) is 18.7 Å². The third-order valence-electron chi connectivity index (χ3n) is 3.73. The van der Waals surface area contributed by atoms with Gasteiger partial charge in [0.1, 0.15) is 0 Å². The third-order valence-corrected chi connectivity index (χ3v) is 4.51. The molecule has 0 aromatic carbocycles. The number of piperidine rings is 1. The van der Waals surface area contributed by atoms with Crippen LogP contribution in [0.4, 0.5) is 0 Å². The molecular formula is C16H28N2O3S. The highest BCUT2D eigenvalue weighted by atomic mass is 32.2. The number of amides is 1. The first-order valence-corrected chi connectivity index (χ1v) is 8.76. The van der Waals surface area contributed by atoms with Gasteiger partial charge in [-0.2, -0.15) is 0 Å². The summed E-state index contributed by atoms with van der Waals surface area (Å²) in [6.07, 6.45) is 3.54. The number of rotatable bonds is 3. The lowest BCUT2D eigenvalue weighted by Crippen LogP contribution is -2.45. The second kappa shape index (κ2) is 6.89. The van der Waals surface area contributed by atoms with E-state index in [1.54, 1.807) is 11.9 Å². The maximum atomic E-state index is 12.4. The molecule has 0 bridgehead atoms. The van der Waals surface area contributed by atoms with Crippen LogP contribution in [0, 0.1) is 5.92 Å². The molecule has 1 unspecified atom stereocenters. The van der Waals surface area contributed by atoms with Crippen molar-refractivity contribution < 1.29 is 14.3 Å². The maximum absolute atomic E-state index is 12.4. The summed E-state index contributed by atoms with van der Waals surface area (Å²) in [7, 11) is 0. The third kappa shape index (κ3) is 5.25. The molecule has 2 saturated heterocycles. The largest absolute Gasteiger partial charge is 0.347 e. The SMILES string of the molecule is CC1(C)OCC(C(=O)N2CCC(/C=N\SC(C)(C)C)CC2)O1. The Morgan fingerprint density at radius 1 is 1.32 bits per heavy atom. The molecule has 0 saturated carbocycles. The predicted molar refractivity (Wildman–Crippen MR) is 90.0 cm³/mol. The molecule has 2 heterocycles. The van der Waals surface area contributed by atoms with Crippen molar-refractivity contribution in [1.29, 1.82) is 0 Å². The average Bonchev–Trinajstić information content (AvgIpc) is 2.78. The van der Waals surface area contributed by atoms with E-state index in [2.05, 4.69) is 31.4 Å². The minimum Gasteiger partial charge on any atom is -0.347 e. The van der Waals surface area contributed by atoms with E-state index >= 15 is 0 Å². The number of likely N-dealkylation sites (tertiary alicyclic amines) is 1. The van der Waals surface area contributed by atoms with Crippen molar-refractivity contribution in [2.24, 2.45) is 10.3 Å². The molecule has 0 aromatic rings. The molecule has 2 rings (SSSR count). The summed E-state index contributed by atoms with van der Waals surface area (Å²) in [5, 5.41) is 0. The van der Waals surface area contributed by atoms with Gasteiger partial charge in [-0.05, 0) is 65.3 Å². The Morgan fingerprint density at radius 2 is 1.95 bits per heavy atom. The van der Waals surface area contributed by atoms with E-state index in [9.17, 15) is 4.79 Å². The summed E-state index contributed by atoms with van der Waals surface area (Å²) in [4.78, 5) is 14.3. The van der Waals surface area contributed by atoms with E-state index in [4.69, 9.17) is 9.47 Å². The average molecular weight is 328 g/mol. The zero-order valence-corrected chi connectivity index (χ0v) is 15.1. The van der Waals surface area contributed by atoms with Crippen LogP contribution in [0.3, 0.4) is 0 Å². The van der Waals surface area contributed by atoms with Crippen molar-refractivity contribution in [2.45, 2.75) is 64.1 Å². The maximum Gasteiger partial charge on any atom is 0.254 e. The Balaban J connectivity index is 1.76. The van der Waals surface area contributed by atoms with Crippen molar-refractivity contribution >= 4 is 24.1 Å². The zero-order valence-electron chi connectivity index (χ0n) is 14.3. The normalized spacial score (nSPS) is 26.8. The Labute approximate surface area is 138 Å². The molecule has 2 aliphatic heterocycles. The first kappa shape index (κ1) is 17.8. The molecule has 126 valence electrons. The van der Waals surface area contributed by atoms with Gasteiger partial charge >= 0.3 is 0 Å². The van der Waals surface area contributed by atoms with Gasteiger partial charge in [0.05, 0.1) is 6.61 Å². The van der Waals surface area contributed by atoms with Crippen molar-refractivity contribution in [3.05, 3.63) is 0 Å². The van der Waals surface area contributed by atoms with Gasteiger partial charge in [-0.25, -0.2) is 4.40 Å². The van der Waals surface area contributed by atoms with Crippen LogP contribution in [0.2, 0.25) is 0 Å². The molecule has 0 aliphatic carbocycles. The first-order valence-electron chi connectivity index (χ1n) is 7.98. The quantitative estimate of drug-likeness (QED) is 0.590. The summed E-state index contributed by atoms with van der Waals surface area (Å²) in [5.74, 6) is -0.115. The number of hydrogen-bond acceptors (Lipinski definition) is 5. The minimum atomic E-state index is -0.643. The van der Waals surface area contributed by atoms with E-state index in [-0.39, 0.29) is 10.7 Å². The highest BCUT2D eigenvalue weighted by Crippen LogP contribution is 2.27. The van der Waals surface area contributed by atoms with Crippen LogP contribution in [0.15, 0.2) is 4.40 Å². The monoisotopic (exact) mass is 328 g/mol. The second-order valence-electron chi connectivity index (χ2n) is 7.44. The summed E-state index contributed by atoms with van der Waals surface area (Å²) in [6.45, 7) is 12.1. The molecule has 22 heavy (non-hydrogen) atoms. The van der Waals surface area contributed by atoms with Crippen LogP contribution in [0.25, 0.3) is 0 Å². The van der Waals surface area contributed by atoms with Gasteiger partial charge < -0.3 is 14.4 Å². The van der Waals surface area contributed by atoms with E-state index < -0.39 is 11.9 Å². The summed E-state index contributed by atoms with van der Waals surface area (Å²) in [5.41, 5.74) is 0. The topological polar surface area (TPSA) is 51.1 Å². The molecule has 2 aliphatic rings. The lowest BCUT2D eigenvalue weighted by atomic mass is 9.98. The smallest absolute Gasteiger partial charge is 0.254 e. The fourth-order valence-corrected chi connectivity index (χ4v) is 3.11. The first-order chi connectivity index (χ1) is 10.2. The Morgan fingerprint density at radius 3 is 2.45 bits per heavy atom. The standard InChI is InChI=1S/C16H28N2O3S/c1-15(2,3)22-17-10-12-6-8-18(9-7-12)14(19)13-11-20-16(4,5)21-13/h10,12-13H,6-9,11H2,1-5H3/b17-10-. The lowest BCUT2D eigenvalue weighted by molar-refractivity contribution is -0.160. The summed E-state index contributed by atoms with van der Waals surface area (Å²) >= 11 is 1.61. The molecular weight excluding hydrogens is 300 g/mol. The van der Waals surface area contributed by atoms with Crippen LogP contribution in [0.5, 0.6) is 0 Å². The van der Waals surface area contributed by atoms with Crippen molar-refractivity contribution in [1.82, 2.24) is 4.90 Å². The van der Waals surface area contributed by atoms with E-state index in [1.165, 1.54) is 0 Å². The van der Waals surface area contributed by atoms with Gasteiger partial charge in [0.25, 0.3) is 5.91 Å². The molecule has 6 heteroatoms. The lowest BCUT2D eigenvalue weighted by Gasteiger charge is -2.32. The molecule has 5 nitrogen and oxygen atoms in total. The van der Waals surface area contributed by atoms with Crippen molar-refractivity contribution in [3.8, 4) is 0 Å². The number of nitrogens with zero attached hydrogens (tertiary/aromatic N) is 2. The molecule has 0 spiro atoms. The van der Waals surface area contributed by atoms with Gasteiger partial charge in [-0.15, -0.1) is 0 Å². The van der Waals surface area contributed by atoms with Crippen LogP contribution in [0.1, 0.15) is 47.5 Å². The summed E-state index contributed by atoms with van der Waals surface area (Å²) < 4.78 is 15.8. The number of carbonyl (C=O) groups is 1. The Bertz CT molecular complexity index is 424. The van der Waals surface area contributed by atoms with Gasteiger partial charge in [0, 0.05) is 24.1 Å². The molecule has 0 radical (unpaired) electrons. The number of carbonyl (C=O) groups excluding carboxylic acids is 1. The Hall–Kier alpha value is -0.590. The predicted octanol–water partition coefficient (Wildman–Crippen LogP) is 2.89. The molecule has 0 aromatic heterocycles. The van der Waals surface area contributed by atoms with E-state index in [0.717, 1.165) is 25.9 Å². The number of hydrogen-bond donors (Lipinski definition) is 0. The van der Waals surface area contributed by atoms with Crippen molar-refractivity contribution in [2.75, 3.05) is 19.7 Å². The fraction of sp³-hybridized carbons (Fsp3) is 0.875. The molecule has 1 atom stereocenters. The number of ether oxygens (including phenoxy) is 2. The zero-order chi connectivity index (χ0) is 16.4. The van der Waals surface area contributed by atoms with E-state index in [0.29, 0.717) is 12.5 Å². The highest BCUT2D eigenvalue weighted by molar-refractivity contribution is 7.99. The molecule has 1 amide bonds. The van der Waals surface area contributed by atoms with Gasteiger partial charge in [-0.3, -0.25) is 4.79 Å². The van der Waals surface area contributed by atoms with Crippen LogP contribution < -0.4 is 0 Å². The van der Waals surface area contributed by atoms with Gasteiger partial charge in [0.2, 0.25) is 0 Å². The molecule has 0 N–H and O–H groups in total. The van der Waals surface area contributed by atoms with Crippen LogP contribution >= 0.6 is 11.9 Å². The highest BCUT2D eigenvalue weighted by Gasteiger charge is 2.39. The van der Waals surface area contributed by atoms with Crippen molar-refractivity contribution in [3.63, 3.8) is 0 Å². The summed E-state index contributed by atoms with van der Waals surface area (Å²) in [6, 6.07) is 0. The van der Waals surface area contributed by atoms with Crippen LogP contribution in [-0.2, 0) is 14.3 Å². The van der Waals surface area contributed by atoms with Gasteiger partial charge in [-0.1, -0.05) is 0 Å². The Kier molecular flexibility index (Phi) is 5.56.